The van der Waals surface area contributed by atoms with Gasteiger partial charge in [-0.15, -0.1) is 0 Å². The van der Waals surface area contributed by atoms with E-state index in [1.807, 2.05) is 0 Å². The smallest absolute Gasteiger partial charge is 0.285 e. The number of benzene rings is 1. The molecule has 0 spiro atoms. The van der Waals surface area contributed by atoms with Gasteiger partial charge in [0.1, 0.15) is 5.56 Å². The molecule has 1 aliphatic rings. The van der Waals surface area contributed by atoms with Gasteiger partial charge in [-0.1, -0.05) is 0 Å². The van der Waals surface area contributed by atoms with Crippen molar-refractivity contribution >= 4 is 11.6 Å². The minimum absolute atomic E-state index is 0.0773. The van der Waals surface area contributed by atoms with Gasteiger partial charge in [-0.3, -0.25) is 14.9 Å². The van der Waals surface area contributed by atoms with Gasteiger partial charge in [-0.2, -0.15) is 0 Å². The van der Waals surface area contributed by atoms with Crippen molar-refractivity contribution in [2.24, 2.45) is 0 Å². The number of nitrogens with zero attached hydrogens (tertiary/aromatic N) is 2. The van der Waals surface area contributed by atoms with Crippen molar-refractivity contribution in [2.75, 3.05) is 20.1 Å². The molecule has 1 amide bonds. The first-order valence-corrected chi connectivity index (χ1v) is 6.53. The van der Waals surface area contributed by atoms with Crippen molar-refractivity contribution in [3.63, 3.8) is 0 Å². The van der Waals surface area contributed by atoms with E-state index in [0.29, 0.717) is 25.0 Å². The molecule has 114 valence electrons. The number of hydrogen-bond acceptors (Lipinski definition) is 4. The largest absolute Gasteiger partial charge is 0.338 e. The molecular weight excluding hydrogens is 284 g/mol. The Morgan fingerprint density at radius 2 is 1.90 bits per heavy atom. The number of nitro benzene ring substituents is 1. The van der Waals surface area contributed by atoms with Crippen LogP contribution < -0.4 is 5.32 Å². The van der Waals surface area contributed by atoms with E-state index in [1.54, 1.807) is 0 Å². The van der Waals surface area contributed by atoms with E-state index in [2.05, 4.69) is 5.32 Å². The SMILES string of the molecule is CN(C(=O)c1cc(F)c(F)cc1[N+](=O)[O-])C1CCNCC1. The monoisotopic (exact) mass is 299 g/mol. The maximum atomic E-state index is 13.3. The van der Waals surface area contributed by atoms with Crippen molar-refractivity contribution in [3.8, 4) is 0 Å². The lowest BCUT2D eigenvalue weighted by atomic mass is 10.0. The third kappa shape index (κ3) is 3.15. The Morgan fingerprint density at radius 3 is 2.48 bits per heavy atom. The zero-order chi connectivity index (χ0) is 15.6. The summed E-state index contributed by atoms with van der Waals surface area (Å²) in [5.41, 5.74) is -1.15. The van der Waals surface area contributed by atoms with Crippen LogP contribution >= 0.6 is 0 Å². The predicted octanol–water partition coefficient (Wildman–Crippen LogP) is 1.70. The fourth-order valence-corrected chi connectivity index (χ4v) is 2.41. The molecule has 1 N–H and O–H groups in total. The molecule has 0 aliphatic carbocycles. The lowest BCUT2D eigenvalue weighted by Gasteiger charge is -2.31. The fraction of sp³-hybridized carbons (Fsp3) is 0.462. The third-order valence-corrected chi connectivity index (χ3v) is 3.64. The Kier molecular flexibility index (Phi) is 4.46. The minimum Gasteiger partial charge on any atom is -0.338 e. The molecule has 21 heavy (non-hydrogen) atoms. The first-order valence-electron chi connectivity index (χ1n) is 6.53. The fourth-order valence-electron chi connectivity index (χ4n) is 2.41. The molecule has 1 saturated heterocycles. The Hall–Kier alpha value is -2.09. The van der Waals surface area contributed by atoms with Crippen molar-refractivity contribution in [3.05, 3.63) is 39.4 Å². The molecule has 6 nitrogen and oxygen atoms in total. The molecule has 0 atom stereocenters. The van der Waals surface area contributed by atoms with E-state index in [1.165, 1.54) is 11.9 Å². The second-order valence-corrected chi connectivity index (χ2v) is 4.94. The summed E-state index contributed by atoms with van der Waals surface area (Å²) in [5, 5.41) is 14.1. The molecule has 0 radical (unpaired) electrons. The van der Waals surface area contributed by atoms with Crippen LogP contribution in [0.2, 0.25) is 0 Å². The molecule has 1 aromatic rings. The summed E-state index contributed by atoms with van der Waals surface area (Å²) in [5.74, 6) is -3.29. The highest BCUT2D eigenvalue weighted by Crippen LogP contribution is 2.25. The van der Waals surface area contributed by atoms with Crippen molar-refractivity contribution in [2.45, 2.75) is 18.9 Å². The highest BCUT2D eigenvalue weighted by molar-refractivity contribution is 5.98. The quantitative estimate of drug-likeness (QED) is 0.681. The average Bonchev–Trinajstić information content (AvgIpc) is 2.48. The van der Waals surface area contributed by atoms with Gasteiger partial charge in [0.25, 0.3) is 11.6 Å². The van der Waals surface area contributed by atoms with Gasteiger partial charge >= 0.3 is 0 Å². The Morgan fingerprint density at radius 1 is 1.33 bits per heavy atom. The maximum absolute atomic E-state index is 13.3. The summed E-state index contributed by atoms with van der Waals surface area (Å²) in [6, 6.07) is 0.957. The van der Waals surface area contributed by atoms with E-state index >= 15 is 0 Å². The molecule has 0 saturated carbocycles. The number of nitrogens with one attached hydrogen (secondary N) is 1. The normalized spacial score (nSPS) is 15.8. The third-order valence-electron chi connectivity index (χ3n) is 3.64. The summed E-state index contributed by atoms with van der Waals surface area (Å²) in [6.45, 7) is 1.48. The second kappa shape index (κ2) is 6.13. The molecule has 0 aromatic heterocycles. The highest BCUT2D eigenvalue weighted by atomic mass is 19.2. The van der Waals surface area contributed by atoms with E-state index in [9.17, 15) is 23.7 Å². The van der Waals surface area contributed by atoms with Crippen LogP contribution in [-0.4, -0.2) is 41.9 Å². The van der Waals surface area contributed by atoms with Gasteiger partial charge in [0.2, 0.25) is 0 Å². The van der Waals surface area contributed by atoms with Crippen LogP contribution in [-0.2, 0) is 0 Å². The number of piperidine rings is 1. The van der Waals surface area contributed by atoms with Gasteiger partial charge in [0.05, 0.1) is 11.0 Å². The lowest BCUT2D eigenvalue weighted by molar-refractivity contribution is -0.385. The Balaban J connectivity index is 2.33. The summed E-state index contributed by atoms with van der Waals surface area (Å²) in [4.78, 5) is 23.7. The van der Waals surface area contributed by atoms with Gasteiger partial charge in [-0.25, -0.2) is 8.78 Å². The lowest BCUT2D eigenvalue weighted by Crippen LogP contribution is -2.44. The number of carbonyl (C=O) groups is 1. The average molecular weight is 299 g/mol. The zero-order valence-electron chi connectivity index (χ0n) is 11.4. The van der Waals surface area contributed by atoms with E-state index in [0.717, 1.165) is 13.1 Å². The van der Waals surface area contributed by atoms with Crippen LogP contribution in [0.15, 0.2) is 12.1 Å². The molecule has 1 aromatic carbocycles. The van der Waals surface area contributed by atoms with Gasteiger partial charge in [0.15, 0.2) is 11.6 Å². The molecular formula is C13H15F2N3O3. The van der Waals surface area contributed by atoms with E-state index < -0.39 is 33.7 Å². The summed E-state index contributed by atoms with van der Waals surface area (Å²) in [7, 11) is 1.52. The van der Waals surface area contributed by atoms with Gasteiger partial charge in [0, 0.05) is 13.1 Å². The summed E-state index contributed by atoms with van der Waals surface area (Å²) >= 11 is 0. The van der Waals surface area contributed by atoms with Crippen LogP contribution in [0.5, 0.6) is 0 Å². The van der Waals surface area contributed by atoms with Crippen molar-refractivity contribution in [1.29, 1.82) is 0 Å². The topological polar surface area (TPSA) is 75.5 Å². The highest BCUT2D eigenvalue weighted by Gasteiger charge is 2.29. The van der Waals surface area contributed by atoms with Crippen LogP contribution in [0.4, 0.5) is 14.5 Å². The van der Waals surface area contributed by atoms with E-state index in [4.69, 9.17) is 0 Å². The van der Waals surface area contributed by atoms with Crippen molar-refractivity contribution in [1.82, 2.24) is 10.2 Å². The second-order valence-electron chi connectivity index (χ2n) is 4.94. The van der Waals surface area contributed by atoms with Crippen LogP contribution in [0, 0.1) is 21.7 Å². The number of halogens is 2. The standard InChI is InChI=1S/C13H15F2N3O3/c1-17(8-2-4-16-5-3-8)13(19)9-6-10(14)11(15)7-12(9)18(20)21/h6-8,16H,2-5H2,1H3. The molecule has 8 heteroatoms. The predicted molar refractivity (Wildman–Crippen MR) is 71.0 cm³/mol. The van der Waals surface area contributed by atoms with Crippen LogP contribution in [0.25, 0.3) is 0 Å². The number of rotatable bonds is 3. The van der Waals surface area contributed by atoms with Crippen LogP contribution in [0.3, 0.4) is 0 Å². The zero-order valence-corrected chi connectivity index (χ0v) is 11.4. The number of carbonyl (C=O) groups excluding carboxylic acids is 1. The number of nitro groups is 1. The summed E-state index contributed by atoms with van der Waals surface area (Å²) in [6.07, 6.45) is 1.42. The molecule has 0 unspecified atom stereocenters. The van der Waals surface area contributed by atoms with E-state index in [-0.39, 0.29) is 6.04 Å². The molecule has 1 aliphatic heterocycles. The number of hydrogen-bond donors (Lipinski definition) is 1. The first-order chi connectivity index (χ1) is 9.91. The Labute approximate surface area is 119 Å². The minimum atomic E-state index is -1.34. The first kappa shape index (κ1) is 15.3. The number of amides is 1. The summed E-state index contributed by atoms with van der Waals surface area (Å²) < 4.78 is 26.4. The molecule has 2 rings (SSSR count). The molecule has 0 bridgehead atoms. The van der Waals surface area contributed by atoms with Crippen LogP contribution in [0.1, 0.15) is 23.2 Å². The van der Waals surface area contributed by atoms with Crippen molar-refractivity contribution < 1.29 is 18.5 Å². The molecule has 1 fully saturated rings. The van der Waals surface area contributed by atoms with Gasteiger partial charge < -0.3 is 10.2 Å². The van der Waals surface area contributed by atoms with Gasteiger partial charge in [-0.05, 0) is 32.0 Å². The Bertz CT molecular complexity index is 574. The molecule has 1 heterocycles. The maximum Gasteiger partial charge on any atom is 0.285 e.